The summed E-state index contributed by atoms with van der Waals surface area (Å²) in [5.41, 5.74) is 2.70. The fraction of sp³-hybridized carbons (Fsp3) is 0.645. The Morgan fingerprint density at radius 2 is 1.53 bits per heavy atom. The Balaban J connectivity index is 3.35. The number of nitrogens with one attached hydrogen (secondary N) is 2. The van der Waals surface area contributed by atoms with Crippen LogP contribution in [0.4, 0.5) is 0 Å². The average Bonchev–Trinajstić information content (AvgIpc) is 2.78. The zero-order valence-electron chi connectivity index (χ0n) is 25.9. The molecule has 0 aliphatic heterocycles. The van der Waals surface area contributed by atoms with E-state index in [4.69, 9.17) is 4.74 Å². The van der Waals surface area contributed by atoms with Crippen molar-refractivity contribution in [2.45, 2.75) is 99.7 Å². The van der Waals surface area contributed by atoms with Crippen LogP contribution in [0, 0.1) is 25.2 Å². The number of ether oxygens (including phenoxy) is 1. The SMILES string of the molecule is CCOC(=O)C(C)=C[C@H](C(C)C)N(C)C(=O)[C@@H](NC(=O)[C@@H](NC)C(C)(C)c1cc(C)cc(C)c1)C(C)(C)C. The van der Waals surface area contributed by atoms with Crippen LogP contribution in [0.25, 0.3) is 0 Å². The minimum Gasteiger partial charge on any atom is -0.463 e. The first-order valence-electron chi connectivity index (χ1n) is 13.6. The molecule has 2 amide bonds. The zero-order chi connectivity index (χ0) is 29.6. The minimum atomic E-state index is -0.775. The average molecular weight is 530 g/mol. The van der Waals surface area contributed by atoms with Crippen molar-refractivity contribution in [2.75, 3.05) is 20.7 Å². The van der Waals surface area contributed by atoms with Crippen molar-refractivity contribution in [1.29, 1.82) is 0 Å². The first kappa shape index (κ1) is 33.4. The molecule has 1 aromatic rings. The molecule has 0 aromatic heterocycles. The maximum atomic E-state index is 13.9. The van der Waals surface area contributed by atoms with E-state index in [1.54, 1.807) is 38.9 Å². The van der Waals surface area contributed by atoms with Crippen LogP contribution in [0.3, 0.4) is 0 Å². The van der Waals surface area contributed by atoms with E-state index in [0.29, 0.717) is 5.57 Å². The Kier molecular flexibility index (Phi) is 11.8. The predicted octanol–water partition coefficient (Wildman–Crippen LogP) is 4.69. The molecular weight excluding hydrogens is 478 g/mol. The van der Waals surface area contributed by atoms with E-state index < -0.39 is 28.9 Å². The van der Waals surface area contributed by atoms with Crippen LogP contribution >= 0.6 is 0 Å². The van der Waals surface area contributed by atoms with Gasteiger partial charge in [0.2, 0.25) is 11.8 Å². The molecule has 0 aliphatic carbocycles. The summed E-state index contributed by atoms with van der Waals surface area (Å²) >= 11 is 0. The second-order valence-electron chi connectivity index (χ2n) is 12.4. The van der Waals surface area contributed by atoms with Gasteiger partial charge < -0.3 is 20.3 Å². The Morgan fingerprint density at radius 1 is 1.00 bits per heavy atom. The van der Waals surface area contributed by atoms with Crippen molar-refractivity contribution in [3.8, 4) is 0 Å². The number of hydrogen-bond acceptors (Lipinski definition) is 5. The molecule has 0 fully saturated rings. The molecule has 214 valence electrons. The largest absolute Gasteiger partial charge is 0.463 e. The highest BCUT2D eigenvalue weighted by Gasteiger charge is 2.41. The summed E-state index contributed by atoms with van der Waals surface area (Å²) in [6.45, 7) is 21.7. The van der Waals surface area contributed by atoms with Crippen LogP contribution in [0.2, 0.25) is 0 Å². The van der Waals surface area contributed by atoms with Gasteiger partial charge in [0.15, 0.2) is 0 Å². The van der Waals surface area contributed by atoms with Crippen molar-refractivity contribution in [3.05, 3.63) is 46.5 Å². The molecule has 0 heterocycles. The lowest BCUT2D eigenvalue weighted by atomic mass is 9.76. The van der Waals surface area contributed by atoms with Crippen LogP contribution in [0.15, 0.2) is 29.8 Å². The van der Waals surface area contributed by atoms with Crippen molar-refractivity contribution in [3.63, 3.8) is 0 Å². The normalized spacial score (nSPS) is 15.1. The van der Waals surface area contributed by atoms with E-state index in [0.717, 1.165) is 16.7 Å². The van der Waals surface area contributed by atoms with Crippen LogP contribution in [0.5, 0.6) is 0 Å². The van der Waals surface area contributed by atoms with Crippen molar-refractivity contribution >= 4 is 17.8 Å². The highest BCUT2D eigenvalue weighted by molar-refractivity contribution is 5.92. The fourth-order valence-electron chi connectivity index (χ4n) is 4.88. The molecule has 0 bridgehead atoms. The van der Waals surface area contributed by atoms with E-state index in [1.807, 2.05) is 48.5 Å². The van der Waals surface area contributed by atoms with E-state index in [2.05, 4.69) is 42.7 Å². The Labute approximate surface area is 230 Å². The lowest BCUT2D eigenvalue weighted by Gasteiger charge is -2.40. The van der Waals surface area contributed by atoms with E-state index >= 15 is 0 Å². The van der Waals surface area contributed by atoms with Crippen LogP contribution in [-0.4, -0.2) is 61.5 Å². The molecule has 1 aromatic carbocycles. The maximum absolute atomic E-state index is 13.9. The topological polar surface area (TPSA) is 87.7 Å². The van der Waals surface area contributed by atoms with Gasteiger partial charge in [-0.15, -0.1) is 0 Å². The zero-order valence-corrected chi connectivity index (χ0v) is 25.9. The highest BCUT2D eigenvalue weighted by Crippen LogP contribution is 2.30. The van der Waals surface area contributed by atoms with E-state index in [9.17, 15) is 14.4 Å². The number of esters is 1. The van der Waals surface area contributed by atoms with Crippen molar-refractivity contribution < 1.29 is 19.1 Å². The van der Waals surface area contributed by atoms with E-state index in [1.165, 1.54) is 0 Å². The number of carbonyl (C=O) groups is 3. The van der Waals surface area contributed by atoms with Crippen molar-refractivity contribution in [2.24, 2.45) is 11.3 Å². The van der Waals surface area contributed by atoms with Gasteiger partial charge >= 0.3 is 5.97 Å². The number of carbonyl (C=O) groups excluding carboxylic acids is 3. The number of aryl methyl sites for hydroxylation is 2. The number of rotatable bonds is 11. The molecule has 2 N–H and O–H groups in total. The Hall–Kier alpha value is -2.67. The predicted molar refractivity (Wildman–Crippen MR) is 155 cm³/mol. The van der Waals surface area contributed by atoms with Gasteiger partial charge in [0.1, 0.15) is 6.04 Å². The summed E-state index contributed by atoms with van der Waals surface area (Å²) in [7, 11) is 3.49. The lowest BCUT2D eigenvalue weighted by molar-refractivity contribution is -0.141. The third-order valence-corrected chi connectivity index (χ3v) is 7.13. The molecule has 38 heavy (non-hydrogen) atoms. The molecule has 0 aliphatic rings. The van der Waals surface area contributed by atoms with Gasteiger partial charge in [-0.1, -0.05) is 83.9 Å². The number of benzene rings is 1. The van der Waals surface area contributed by atoms with Gasteiger partial charge in [-0.3, -0.25) is 9.59 Å². The molecule has 0 radical (unpaired) electrons. The molecule has 7 nitrogen and oxygen atoms in total. The smallest absolute Gasteiger partial charge is 0.333 e. The molecule has 0 spiro atoms. The third kappa shape index (κ3) is 8.42. The number of likely N-dealkylation sites (N-methyl/N-ethyl adjacent to an activating group) is 2. The number of hydrogen-bond donors (Lipinski definition) is 2. The summed E-state index contributed by atoms with van der Waals surface area (Å²) < 4.78 is 5.13. The van der Waals surface area contributed by atoms with Gasteiger partial charge in [0.05, 0.1) is 18.7 Å². The van der Waals surface area contributed by atoms with Gasteiger partial charge in [0, 0.05) is 18.0 Å². The van der Waals surface area contributed by atoms with Gasteiger partial charge in [-0.05, 0) is 51.6 Å². The monoisotopic (exact) mass is 529 g/mol. The summed E-state index contributed by atoms with van der Waals surface area (Å²) in [5.74, 6) is -0.808. The highest BCUT2D eigenvalue weighted by atomic mass is 16.5. The fourth-order valence-corrected chi connectivity index (χ4v) is 4.88. The van der Waals surface area contributed by atoms with Gasteiger partial charge in [0.25, 0.3) is 0 Å². The second-order valence-corrected chi connectivity index (χ2v) is 12.4. The Morgan fingerprint density at radius 3 is 1.95 bits per heavy atom. The first-order chi connectivity index (χ1) is 17.4. The molecular formula is C31H51N3O4. The van der Waals surface area contributed by atoms with Crippen LogP contribution in [-0.2, 0) is 24.5 Å². The van der Waals surface area contributed by atoms with Crippen LogP contribution in [0.1, 0.15) is 79.0 Å². The van der Waals surface area contributed by atoms with Crippen molar-refractivity contribution in [1.82, 2.24) is 15.5 Å². The first-order valence-corrected chi connectivity index (χ1v) is 13.6. The standard InChI is InChI=1S/C31H51N3O4/c1-14-38-29(37)22(6)18-24(19(2)3)34(13)28(36)26(30(7,8)9)33-27(35)25(32-12)31(10,11)23-16-20(4)15-21(5)17-23/h15-19,24-26,32H,14H2,1-13H3,(H,33,35)/t24-,25-,26-/m1/s1. The molecule has 3 atom stereocenters. The second kappa shape index (κ2) is 13.4. The lowest BCUT2D eigenvalue weighted by Crippen LogP contribution is -2.61. The van der Waals surface area contributed by atoms with Crippen LogP contribution < -0.4 is 10.6 Å². The summed E-state index contributed by atoms with van der Waals surface area (Å²) in [6.07, 6.45) is 1.78. The molecule has 0 saturated carbocycles. The number of nitrogens with zero attached hydrogens (tertiary/aromatic N) is 1. The van der Waals surface area contributed by atoms with Gasteiger partial charge in [-0.25, -0.2) is 4.79 Å². The Bertz CT molecular complexity index is 1000. The quantitative estimate of drug-likeness (QED) is 0.321. The molecule has 1 rings (SSSR count). The summed E-state index contributed by atoms with van der Waals surface area (Å²) in [5, 5.41) is 6.28. The summed E-state index contributed by atoms with van der Waals surface area (Å²) in [6, 6.07) is 4.64. The van der Waals surface area contributed by atoms with E-state index in [-0.39, 0.29) is 30.4 Å². The third-order valence-electron chi connectivity index (χ3n) is 7.13. The summed E-state index contributed by atoms with van der Waals surface area (Å²) in [4.78, 5) is 41.6. The maximum Gasteiger partial charge on any atom is 0.333 e. The molecule has 0 saturated heterocycles. The molecule has 7 heteroatoms. The molecule has 0 unspecified atom stereocenters. The number of amides is 2. The van der Waals surface area contributed by atoms with Gasteiger partial charge in [-0.2, -0.15) is 0 Å². The minimum absolute atomic E-state index is 0.0400.